The van der Waals surface area contributed by atoms with Crippen molar-refractivity contribution in [2.75, 3.05) is 32.8 Å². The smallest absolute Gasteiger partial charge is 0.324 e. The Morgan fingerprint density at radius 2 is 1.86 bits per heavy atom. The fourth-order valence-electron chi connectivity index (χ4n) is 10.1. The van der Waals surface area contributed by atoms with Crippen molar-refractivity contribution >= 4 is 51.8 Å². The molecule has 1 aromatic carbocycles. The quantitative estimate of drug-likeness (QED) is 0.173. The fraction of sp³-hybridized carbons (Fsp3) is 0.521. The lowest BCUT2D eigenvalue weighted by atomic mass is 9.84. The predicted octanol–water partition coefficient (Wildman–Crippen LogP) is 5.80. The molecule has 334 valence electrons. The average Bonchev–Trinajstić information content (AvgIpc) is 4.05. The SMILES string of the molecule is C=CC(=O)N1CCC2(CCN([C@H](C(=O)N[C@H]3Cc4nc(cs4)-c4ccc5c(c4)c(c(-c4cccnc4C(C)C)n5C)CC(C)(C)COC(=O)[C@@H]4CCCN(N4)C3=O)C(C)C)C2=O)C1. The largest absolute Gasteiger partial charge is 0.464 e. The van der Waals surface area contributed by atoms with Crippen LogP contribution in [0.25, 0.3) is 33.4 Å². The van der Waals surface area contributed by atoms with E-state index in [0.717, 1.165) is 44.7 Å². The summed E-state index contributed by atoms with van der Waals surface area (Å²) in [5, 5.41) is 8.21. The number of carbonyl (C=O) groups is 5. The molecular formula is C48H60N8O6S. The van der Waals surface area contributed by atoms with Crippen molar-refractivity contribution in [2.24, 2.45) is 23.8 Å². The molecule has 63 heavy (non-hydrogen) atoms. The summed E-state index contributed by atoms with van der Waals surface area (Å²) in [4.78, 5) is 82.9. The minimum Gasteiger partial charge on any atom is -0.464 e. The minimum atomic E-state index is -1.06. The number of pyridine rings is 1. The number of hydrogen-bond donors (Lipinski definition) is 2. The van der Waals surface area contributed by atoms with Crippen LogP contribution in [0.2, 0.25) is 0 Å². The van der Waals surface area contributed by atoms with Gasteiger partial charge in [-0.25, -0.2) is 10.4 Å². The number of thiazole rings is 1. The molecule has 0 aliphatic carbocycles. The summed E-state index contributed by atoms with van der Waals surface area (Å²) in [5.74, 6) is -1.73. The number of rotatable bonds is 7. The van der Waals surface area contributed by atoms with Crippen molar-refractivity contribution in [1.29, 1.82) is 0 Å². The molecule has 2 N–H and O–H groups in total. The second kappa shape index (κ2) is 17.3. The molecule has 8 rings (SSSR count). The first-order valence-corrected chi connectivity index (χ1v) is 23.2. The molecule has 0 radical (unpaired) electrons. The van der Waals surface area contributed by atoms with Crippen LogP contribution in [-0.4, -0.2) is 110 Å². The number of likely N-dealkylation sites (tertiary alicyclic amines) is 2. The number of aryl methyl sites for hydroxylation is 1. The van der Waals surface area contributed by atoms with E-state index in [-0.39, 0.29) is 43.2 Å². The summed E-state index contributed by atoms with van der Waals surface area (Å²) in [6.45, 7) is 17.5. The van der Waals surface area contributed by atoms with Crippen molar-refractivity contribution in [3.8, 4) is 22.5 Å². The normalized spacial score (nSPS) is 23.4. The molecule has 4 atom stereocenters. The lowest BCUT2D eigenvalue weighted by Crippen LogP contribution is -2.62. The highest BCUT2D eigenvalue weighted by Gasteiger charge is 2.54. The molecule has 1 unspecified atom stereocenters. The van der Waals surface area contributed by atoms with Crippen LogP contribution < -0.4 is 10.7 Å². The Morgan fingerprint density at radius 3 is 2.60 bits per heavy atom. The number of ether oxygens (including phenoxy) is 1. The van der Waals surface area contributed by atoms with Crippen LogP contribution >= 0.6 is 11.3 Å². The van der Waals surface area contributed by atoms with Gasteiger partial charge in [-0.05, 0) is 79.8 Å². The summed E-state index contributed by atoms with van der Waals surface area (Å²) >= 11 is 1.42. The van der Waals surface area contributed by atoms with Crippen molar-refractivity contribution in [3.63, 3.8) is 0 Å². The Bertz CT molecular complexity index is 2470. The highest BCUT2D eigenvalue weighted by molar-refractivity contribution is 7.10. The minimum absolute atomic E-state index is 0.0972. The van der Waals surface area contributed by atoms with Crippen molar-refractivity contribution in [2.45, 2.75) is 104 Å². The van der Waals surface area contributed by atoms with E-state index in [0.29, 0.717) is 56.7 Å². The summed E-state index contributed by atoms with van der Waals surface area (Å²) in [7, 11) is 2.09. The highest BCUT2D eigenvalue weighted by Crippen LogP contribution is 2.43. The maximum absolute atomic E-state index is 14.6. The van der Waals surface area contributed by atoms with Gasteiger partial charge in [-0.15, -0.1) is 11.3 Å². The molecule has 0 saturated carbocycles. The van der Waals surface area contributed by atoms with E-state index in [1.807, 2.05) is 31.5 Å². The summed E-state index contributed by atoms with van der Waals surface area (Å²) in [5.41, 5.74) is 8.94. The van der Waals surface area contributed by atoms with E-state index in [1.165, 1.54) is 22.4 Å². The third kappa shape index (κ3) is 8.41. The lowest BCUT2D eigenvalue weighted by molar-refractivity contribution is -0.155. The fourth-order valence-corrected chi connectivity index (χ4v) is 11.0. The number of hydrazine groups is 1. The maximum atomic E-state index is 14.6. The number of fused-ring (bicyclic) bond motifs is 6. The van der Waals surface area contributed by atoms with Gasteiger partial charge in [0.25, 0.3) is 5.91 Å². The monoisotopic (exact) mass is 876 g/mol. The van der Waals surface area contributed by atoms with Crippen LogP contribution in [-0.2, 0) is 48.6 Å². The Balaban J connectivity index is 1.15. The Labute approximate surface area is 373 Å². The number of benzene rings is 1. The molecule has 6 bridgehead atoms. The molecule has 4 aliphatic rings. The molecule has 3 saturated heterocycles. The van der Waals surface area contributed by atoms with Gasteiger partial charge in [0.15, 0.2) is 0 Å². The zero-order valence-corrected chi connectivity index (χ0v) is 38.3. The van der Waals surface area contributed by atoms with Gasteiger partial charge in [-0.2, -0.15) is 0 Å². The first-order chi connectivity index (χ1) is 30.0. The van der Waals surface area contributed by atoms with Crippen LogP contribution in [0.5, 0.6) is 0 Å². The van der Waals surface area contributed by atoms with Crippen LogP contribution in [0.1, 0.15) is 89.4 Å². The molecule has 4 aliphatic heterocycles. The zero-order valence-electron chi connectivity index (χ0n) is 37.5. The predicted molar refractivity (Wildman–Crippen MR) is 242 cm³/mol. The molecule has 3 fully saturated rings. The van der Waals surface area contributed by atoms with Crippen molar-refractivity contribution in [1.82, 2.24) is 40.1 Å². The second-order valence-electron chi connectivity index (χ2n) is 19.3. The summed E-state index contributed by atoms with van der Waals surface area (Å²) in [6.07, 6.45) is 5.90. The van der Waals surface area contributed by atoms with Gasteiger partial charge in [0.05, 0.1) is 34.1 Å². The molecule has 15 heteroatoms. The average molecular weight is 877 g/mol. The second-order valence-corrected chi connectivity index (χ2v) is 20.2. The van der Waals surface area contributed by atoms with E-state index in [2.05, 4.69) is 80.9 Å². The van der Waals surface area contributed by atoms with Crippen LogP contribution in [0.4, 0.5) is 0 Å². The van der Waals surface area contributed by atoms with Gasteiger partial charge in [0.2, 0.25) is 17.7 Å². The third-order valence-corrected chi connectivity index (χ3v) is 14.3. The number of carbonyl (C=O) groups excluding carboxylic acids is 5. The molecular weight excluding hydrogens is 817 g/mol. The van der Waals surface area contributed by atoms with Gasteiger partial charge in [-0.1, -0.05) is 54.2 Å². The lowest BCUT2D eigenvalue weighted by Gasteiger charge is -2.36. The van der Waals surface area contributed by atoms with E-state index in [9.17, 15) is 24.0 Å². The van der Waals surface area contributed by atoms with Gasteiger partial charge in [0, 0.05) is 78.7 Å². The molecule has 1 spiro atoms. The highest BCUT2D eigenvalue weighted by atomic mass is 32.1. The maximum Gasteiger partial charge on any atom is 0.324 e. The third-order valence-electron chi connectivity index (χ3n) is 13.4. The Hall–Kier alpha value is -5.41. The van der Waals surface area contributed by atoms with Gasteiger partial charge >= 0.3 is 5.97 Å². The summed E-state index contributed by atoms with van der Waals surface area (Å²) in [6, 6.07) is 7.81. The number of nitrogens with one attached hydrogen (secondary N) is 2. The molecule has 3 aromatic heterocycles. The first kappa shape index (κ1) is 44.2. The topological polar surface area (TPSA) is 159 Å². The van der Waals surface area contributed by atoms with E-state index >= 15 is 0 Å². The number of esters is 1. The van der Waals surface area contributed by atoms with Crippen molar-refractivity contribution in [3.05, 3.63) is 70.8 Å². The van der Waals surface area contributed by atoms with E-state index in [1.54, 1.807) is 9.80 Å². The number of aromatic nitrogens is 3. The van der Waals surface area contributed by atoms with Crippen LogP contribution in [0, 0.1) is 16.7 Å². The van der Waals surface area contributed by atoms with Gasteiger partial charge in [-0.3, -0.25) is 34.0 Å². The first-order valence-electron chi connectivity index (χ1n) is 22.3. The van der Waals surface area contributed by atoms with Crippen LogP contribution in [0.15, 0.2) is 54.6 Å². The van der Waals surface area contributed by atoms with E-state index < -0.39 is 46.7 Å². The number of hydrogen-bond acceptors (Lipinski definition) is 10. The zero-order chi connectivity index (χ0) is 45.0. The number of amides is 4. The molecule has 7 heterocycles. The Kier molecular flexibility index (Phi) is 12.1. The Morgan fingerprint density at radius 1 is 1.08 bits per heavy atom. The van der Waals surface area contributed by atoms with Gasteiger partial charge < -0.3 is 24.4 Å². The summed E-state index contributed by atoms with van der Waals surface area (Å²) < 4.78 is 8.33. The van der Waals surface area contributed by atoms with Gasteiger partial charge in [0.1, 0.15) is 18.1 Å². The molecule has 4 aromatic rings. The number of nitrogens with zero attached hydrogens (tertiary/aromatic N) is 6. The number of cyclic esters (lactones) is 1. The van der Waals surface area contributed by atoms with Crippen molar-refractivity contribution < 1.29 is 28.7 Å². The molecule has 14 nitrogen and oxygen atoms in total. The standard InChI is InChI=1S/C48H60N8O6S/c1-9-39(57)54-20-16-48(26-54)17-21-55(46(48)61)41(29(4)5)43(58)51-35-23-38-50-36(25-63-38)30-14-15-37-32(22-30)33(42(53(37)8)31-12-10-18-49-40(31)28(2)3)24-47(6,7)27-62-45(60)34-13-11-19-56(52-34)44(35)59/h9-10,12,14-15,18,22,25,28-29,34-35,41,52H,1,11,13,16-17,19-21,23-24,26-27H2,2-8H3,(H,51,58)/t34-,35-,41-,48?/m0/s1. The molecule has 4 amide bonds. The van der Waals surface area contributed by atoms with E-state index in [4.69, 9.17) is 14.7 Å². The van der Waals surface area contributed by atoms with Crippen LogP contribution in [0.3, 0.4) is 0 Å².